The fourth-order valence-corrected chi connectivity index (χ4v) is 3.01. The second-order valence-electron chi connectivity index (χ2n) is 6.32. The van der Waals surface area contributed by atoms with E-state index in [0.29, 0.717) is 39.2 Å². The van der Waals surface area contributed by atoms with E-state index in [1.165, 1.54) is 12.1 Å². The van der Waals surface area contributed by atoms with Crippen LogP contribution in [0.5, 0.6) is 5.75 Å². The number of hydrogen-bond donors (Lipinski definition) is 0. The molecule has 0 unspecified atom stereocenters. The van der Waals surface area contributed by atoms with E-state index in [1.54, 1.807) is 4.90 Å². The van der Waals surface area contributed by atoms with Gasteiger partial charge >= 0.3 is 6.18 Å². The van der Waals surface area contributed by atoms with Gasteiger partial charge in [0.05, 0.1) is 18.6 Å². The van der Waals surface area contributed by atoms with Crippen LogP contribution in [0.2, 0.25) is 0 Å². The number of piperazine rings is 1. The molecule has 3 rings (SSSR count). The van der Waals surface area contributed by atoms with Gasteiger partial charge in [0.1, 0.15) is 5.75 Å². The molecule has 2 aromatic carbocycles. The van der Waals surface area contributed by atoms with Crippen LogP contribution in [0.3, 0.4) is 0 Å². The second kappa shape index (κ2) is 8.33. The zero-order valence-electron chi connectivity index (χ0n) is 14.8. The molecule has 27 heavy (non-hydrogen) atoms. The van der Waals surface area contributed by atoms with Crippen molar-refractivity contribution in [2.24, 2.45) is 0 Å². The number of halogens is 3. The molecule has 7 heteroatoms. The number of para-hydroxylation sites is 1. The summed E-state index contributed by atoms with van der Waals surface area (Å²) in [5, 5.41) is 0. The van der Waals surface area contributed by atoms with Crippen LogP contribution in [-0.4, -0.2) is 43.6 Å². The summed E-state index contributed by atoms with van der Waals surface area (Å²) < 4.78 is 43.5. The van der Waals surface area contributed by atoms with Crippen molar-refractivity contribution in [2.75, 3.05) is 37.7 Å². The zero-order chi connectivity index (χ0) is 19.3. The molecule has 0 radical (unpaired) electrons. The Morgan fingerprint density at radius 1 is 0.926 bits per heavy atom. The molecule has 2 aromatic rings. The molecule has 0 aromatic heterocycles. The van der Waals surface area contributed by atoms with E-state index in [-0.39, 0.29) is 5.91 Å². The Hall–Kier alpha value is -2.70. The minimum Gasteiger partial charge on any atom is -0.493 e. The van der Waals surface area contributed by atoms with Gasteiger partial charge in [-0.15, -0.1) is 0 Å². The number of rotatable bonds is 5. The topological polar surface area (TPSA) is 32.8 Å². The van der Waals surface area contributed by atoms with Crippen molar-refractivity contribution in [3.63, 3.8) is 0 Å². The first-order valence-electron chi connectivity index (χ1n) is 8.81. The molecule has 1 heterocycles. The fraction of sp³-hybridized carbons (Fsp3) is 0.350. The number of amides is 1. The molecule has 0 spiro atoms. The van der Waals surface area contributed by atoms with Crippen LogP contribution in [0.25, 0.3) is 0 Å². The van der Waals surface area contributed by atoms with Gasteiger partial charge in [-0.3, -0.25) is 4.79 Å². The number of carbonyl (C=O) groups excluding carboxylic acids is 1. The summed E-state index contributed by atoms with van der Waals surface area (Å²) in [6.45, 7) is 2.60. The van der Waals surface area contributed by atoms with Crippen LogP contribution < -0.4 is 9.64 Å². The van der Waals surface area contributed by atoms with E-state index in [2.05, 4.69) is 0 Å². The summed E-state index contributed by atoms with van der Waals surface area (Å²) in [5.41, 5.74) is 0.0842. The Kier molecular flexibility index (Phi) is 5.88. The van der Waals surface area contributed by atoms with Crippen LogP contribution in [0, 0.1) is 0 Å². The van der Waals surface area contributed by atoms with Crippen LogP contribution >= 0.6 is 0 Å². The van der Waals surface area contributed by atoms with Crippen LogP contribution in [0.15, 0.2) is 54.6 Å². The van der Waals surface area contributed by atoms with Gasteiger partial charge in [-0.05, 0) is 36.4 Å². The van der Waals surface area contributed by atoms with E-state index >= 15 is 0 Å². The summed E-state index contributed by atoms with van der Waals surface area (Å²) in [6, 6.07) is 14.5. The molecule has 1 aliphatic heterocycles. The Labute approximate surface area is 156 Å². The predicted molar refractivity (Wildman–Crippen MR) is 96.8 cm³/mol. The van der Waals surface area contributed by atoms with E-state index in [1.807, 2.05) is 35.2 Å². The van der Waals surface area contributed by atoms with E-state index in [9.17, 15) is 18.0 Å². The molecule has 0 bridgehead atoms. The predicted octanol–water partition coefficient (Wildman–Crippen LogP) is 3.82. The lowest BCUT2D eigenvalue weighted by Crippen LogP contribution is -2.49. The van der Waals surface area contributed by atoms with Gasteiger partial charge < -0.3 is 14.5 Å². The summed E-state index contributed by atoms with van der Waals surface area (Å²) in [4.78, 5) is 16.1. The molecule has 144 valence electrons. The third-order valence-electron chi connectivity index (χ3n) is 4.52. The Morgan fingerprint density at radius 2 is 1.56 bits per heavy atom. The molecular weight excluding hydrogens is 357 g/mol. The third-order valence-corrected chi connectivity index (χ3v) is 4.52. The molecular formula is C20H21F3N2O2. The van der Waals surface area contributed by atoms with Crippen molar-refractivity contribution >= 4 is 11.6 Å². The highest BCUT2D eigenvalue weighted by molar-refractivity contribution is 5.76. The molecule has 1 fully saturated rings. The van der Waals surface area contributed by atoms with Gasteiger partial charge in [-0.1, -0.05) is 18.2 Å². The summed E-state index contributed by atoms with van der Waals surface area (Å²) >= 11 is 0. The van der Waals surface area contributed by atoms with Gasteiger partial charge in [-0.2, -0.15) is 13.2 Å². The smallest absolute Gasteiger partial charge is 0.416 e. The molecule has 0 aliphatic carbocycles. The Morgan fingerprint density at radius 3 is 2.15 bits per heavy atom. The van der Waals surface area contributed by atoms with Crippen molar-refractivity contribution in [1.29, 1.82) is 0 Å². The van der Waals surface area contributed by atoms with Crippen molar-refractivity contribution in [3.05, 3.63) is 60.2 Å². The average molecular weight is 378 g/mol. The largest absolute Gasteiger partial charge is 0.493 e. The Balaban J connectivity index is 1.45. The number of benzene rings is 2. The SMILES string of the molecule is O=C(CCOc1ccccc1)N1CCN(c2ccc(C(F)(F)F)cc2)CC1. The molecule has 1 amide bonds. The third kappa shape index (κ3) is 5.15. The van der Waals surface area contributed by atoms with Crippen molar-refractivity contribution in [1.82, 2.24) is 4.90 Å². The van der Waals surface area contributed by atoms with Gasteiger partial charge in [0.15, 0.2) is 0 Å². The maximum absolute atomic E-state index is 12.6. The quantitative estimate of drug-likeness (QED) is 0.793. The highest BCUT2D eigenvalue weighted by Crippen LogP contribution is 2.30. The fourth-order valence-electron chi connectivity index (χ4n) is 3.01. The average Bonchev–Trinajstić information content (AvgIpc) is 2.68. The standard InChI is InChI=1S/C20H21F3N2O2/c21-20(22,23)16-6-8-17(9-7-16)24-11-13-25(14-12-24)19(26)10-15-27-18-4-2-1-3-5-18/h1-9H,10-15H2. The maximum Gasteiger partial charge on any atom is 0.416 e. The number of nitrogens with zero attached hydrogens (tertiary/aromatic N) is 2. The van der Waals surface area contributed by atoms with Crippen molar-refractivity contribution in [2.45, 2.75) is 12.6 Å². The zero-order valence-corrected chi connectivity index (χ0v) is 14.8. The van der Waals surface area contributed by atoms with E-state index < -0.39 is 11.7 Å². The van der Waals surface area contributed by atoms with E-state index in [0.717, 1.165) is 23.6 Å². The molecule has 4 nitrogen and oxygen atoms in total. The highest BCUT2D eigenvalue weighted by Gasteiger charge is 2.30. The van der Waals surface area contributed by atoms with Crippen LogP contribution in [-0.2, 0) is 11.0 Å². The van der Waals surface area contributed by atoms with Gasteiger partial charge in [0.25, 0.3) is 0 Å². The molecule has 0 saturated carbocycles. The van der Waals surface area contributed by atoms with Gasteiger partial charge in [-0.25, -0.2) is 0 Å². The minimum absolute atomic E-state index is 0.0259. The maximum atomic E-state index is 12.6. The number of anilines is 1. The molecule has 0 atom stereocenters. The molecule has 0 N–H and O–H groups in total. The lowest BCUT2D eigenvalue weighted by atomic mass is 10.1. The molecule has 1 aliphatic rings. The van der Waals surface area contributed by atoms with Crippen molar-refractivity contribution in [3.8, 4) is 5.75 Å². The lowest BCUT2D eigenvalue weighted by molar-refractivity contribution is -0.137. The van der Waals surface area contributed by atoms with Crippen LogP contribution in [0.4, 0.5) is 18.9 Å². The van der Waals surface area contributed by atoms with Gasteiger partial charge in [0, 0.05) is 31.9 Å². The lowest BCUT2D eigenvalue weighted by Gasteiger charge is -2.36. The monoisotopic (exact) mass is 378 g/mol. The summed E-state index contributed by atoms with van der Waals surface area (Å²) in [5.74, 6) is 0.760. The first kappa shape index (κ1) is 19.1. The van der Waals surface area contributed by atoms with Crippen molar-refractivity contribution < 1.29 is 22.7 Å². The van der Waals surface area contributed by atoms with E-state index in [4.69, 9.17) is 4.74 Å². The summed E-state index contributed by atoms with van der Waals surface area (Å²) in [6.07, 6.45) is -4.03. The number of ether oxygens (including phenoxy) is 1. The number of carbonyl (C=O) groups is 1. The first-order valence-corrected chi connectivity index (χ1v) is 8.81. The van der Waals surface area contributed by atoms with Gasteiger partial charge in [0.2, 0.25) is 5.91 Å². The Bertz CT molecular complexity index is 740. The molecule has 1 saturated heterocycles. The number of hydrogen-bond acceptors (Lipinski definition) is 3. The second-order valence-corrected chi connectivity index (χ2v) is 6.32. The first-order chi connectivity index (χ1) is 12.9. The summed E-state index contributed by atoms with van der Waals surface area (Å²) in [7, 11) is 0. The van der Waals surface area contributed by atoms with Crippen LogP contribution in [0.1, 0.15) is 12.0 Å². The number of alkyl halides is 3. The highest BCUT2D eigenvalue weighted by atomic mass is 19.4. The normalized spacial score (nSPS) is 14.9. The minimum atomic E-state index is -4.33.